The van der Waals surface area contributed by atoms with Crippen molar-refractivity contribution >= 4 is 17.9 Å². The fourth-order valence-corrected chi connectivity index (χ4v) is 4.34. The summed E-state index contributed by atoms with van der Waals surface area (Å²) in [5.41, 5.74) is 4.40. The molecule has 18 heavy (non-hydrogen) atoms. The van der Waals surface area contributed by atoms with E-state index in [9.17, 15) is 0 Å². The Bertz CT molecular complexity index is 577. The molecule has 1 aliphatic carbocycles. The molecule has 3 rings (SSSR count). The molecule has 0 amide bonds. The van der Waals surface area contributed by atoms with Gasteiger partial charge in [-0.1, -0.05) is 0 Å². The minimum absolute atomic E-state index is 0. The molecule has 0 N–H and O–H groups in total. The van der Waals surface area contributed by atoms with Gasteiger partial charge in [0, 0.05) is 0 Å². The van der Waals surface area contributed by atoms with Crippen LogP contribution in [0.1, 0.15) is 23.6 Å². The molecule has 91 valence electrons. The first-order valence-corrected chi connectivity index (χ1v) is 7.26. The molecular formula is C14H12Cl2PTi. The predicted octanol–water partition coefficient (Wildman–Crippen LogP) is -2.77. The van der Waals surface area contributed by atoms with Gasteiger partial charge in [0.1, 0.15) is 0 Å². The van der Waals surface area contributed by atoms with Crippen molar-refractivity contribution in [3.05, 3.63) is 58.9 Å². The number of halogens is 2. The quantitative estimate of drug-likeness (QED) is 0.497. The molecule has 1 heterocycles. The summed E-state index contributed by atoms with van der Waals surface area (Å²) in [6, 6.07) is 11.0. The van der Waals surface area contributed by atoms with Crippen LogP contribution < -0.4 is 28.4 Å². The summed E-state index contributed by atoms with van der Waals surface area (Å²) in [6.07, 6.45) is 4.60. The van der Waals surface area contributed by atoms with Gasteiger partial charge in [-0.15, -0.1) is 0 Å². The monoisotopic (exact) mass is 329 g/mol. The van der Waals surface area contributed by atoms with Gasteiger partial charge < -0.3 is 24.8 Å². The van der Waals surface area contributed by atoms with Crippen molar-refractivity contribution < 1.29 is 45.2 Å². The van der Waals surface area contributed by atoms with Crippen LogP contribution in [0.4, 0.5) is 0 Å². The van der Waals surface area contributed by atoms with Crippen molar-refractivity contribution in [1.82, 2.24) is 0 Å². The largest absolute Gasteiger partial charge is 1.00 e. The van der Waals surface area contributed by atoms with Gasteiger partial charge in [-0.25, -0.2) is 0 Å². The zero-order valence-electron chi connectivity index (χ0n) is 9.87. The van der Waals surface area contributed by atoms with Crippen LogP contribution in [0.3, 0.4) is 0 Å². The topological polar surface area (TPSA) is 0 Å². The van der Waals surface area contributed by atoms with Crippen molar-refractivity contribution in [2.45, 2.75) is 12.3 Å². The van der Waals surface area contributed by atoms with Crippen LogP contribution in [0.5, 0.6) is 0 Å². The Kier molecular flexibility index (Phi) is 5.36. The summed E-state index contributed by atoms with van der Waals surface area (Å²) in [5, 5.41) is 0. The molecule has 0 nitrogen and oxygen atoms in total. The minimum atomic E-state index is 0. The van der Waals surface area contributed by atoms with Crippen LogP contribution in [-0.2, 0) is 25.9 Å². The number of allylic oxidation sites excluding steroid dienone is 1. The van der Waals surface area contributed by atoms with Crippen molar-refractivity contribution in [2.24, 2.45) is 0 Å². The Morgan fingerprint density at radius 2 is 1.78 bits per heavy atom. The molecule has 2 aromatic rings. The molecule has 1 aliphatic rings. The van der Waals surface area contributed by atoms with Gasteiger partial charge in [0.25, 0.3) is 0 Å². The minimum Gasteiger partial charge on any atom is -1.00 e. The molecule has 1 aromatic carbocycles. The molecule has 2 atom stereocenters. The number of hydrogen-bond acceptors (Lipinski definition) is 0. The molecule has 0 saturated heterocycles. The fraction of sp³-hybridized carbons (Fsp3) is 0.143. The summed E-state index contributed by atoms with van der Waals surface area (Å²) in [7, 11) is 0.873. The second kappa shape index (κ2) is 5.99. The van der Waals surface area contributed by atoms with E-state index >= 15 is 0 Å². The van der Waals surface area contributed by atoms with Crippen LogP contribution in [0.2, 0.25) is 0 Å². The summed E-state index contributed by atoms with van der Waals surface area (Å²) in [6.45, 7) is 2.33. The van der Waals surface area contributed by atoms with Gasteiger partial charge in [-0.05, 0) is 0 Å². The Labute approximate surface area is 134 Å². The molecule has 1 aromatic heterocycles. The Morgan fingerprint density at radius 1 is 1.06 bits per heavy atom. The van der Waals surface area contributed by atoms with Gasteiger partial charge in [0.15, 0.2) is 0 Å². The van der Waals surface area contributed by atoms with E-state index in [4.69, 9.17) is 0 Å². The van der Waals surface area contributed by atoms with Crippen LogP contribution in [0.15, 0.2) is 42.2 Å². The van der Waals surface area contributed by atoms with Crippen LogP contribution in [0.25, 0.3) is 6.08 Å². The van der Waals surface area contributed by atoms with Crippen LogP contribution in [-0.4, -0.2) is 0 Å². The van der Waals surface area contributed by atoms with E-state index in [-0.39, 0.29) is 30.2 Å². The first-order chi connectivity index (χ1) is 7.72. The van der Waals surface area contributed by atoms with E-state index in [0.717, 1.165) is 8.19 Å². The summed E-state index contributed by atoms with van der Waals surface area (Å²) in [4.78, 5) is 0. The molecule has 0 spiro atoms. The maximum absolute atomic E-state index is 2.34. The molecular weight excluding hydrogens is 318 g/mol. The van der Waals surface area contributed by atoms with E-state index in [1.807, 2.05) is 0 Å². The molecule has 0 radical (unpaired) electrons. The molecule has 4 heteroatoms. The van der Waals surface area contributed by atoms with Gasteiger partial charge in [0.05, 0.1) is 0 Å². The third kappa shape index (κ3) is 2.38. The van der Waals surface area contributed by atoms with Gasteiger partial charge in [-0.3, -0.25) is 0 Å². The van der Waals surface area contributed by atoms with E-state index < -0.39 is 0 Å². The first kappa shape index (κ1) is 16.1. The molecule has 0 bridgehead atoms. The van der Waals surface area contributed by atoms with E-state index in [1.165, 1.54) is 20.3 Å². The fourth-order valence-electron chi connectivity index (χ4n) is 2.50. The average Bonchev–Trinajstić information content (AvgIpc) is 2.86. The normalized spacial score (nSPS) is 20.4. The zero-order valence-corrected chi connectivity index (χ0v) is 13.9. The van der Waals surface area contributed by atoms with E-state index in [1.54, 1.807) is 0 Å². The number of hydrogen-bond donors (Lipinski definition) is 0. The van der Waals surface area contributed by atoms with Crippen molar-refractivity contribution in [1.29, 1.82) is 0 Å². The molecule has 0 aliphatic heterocycles. The van der Waals surface area contributed by atoms with Gasteiger partial charge in [0.2, 0.25) is 0 Å². The van der Waals surface area contributed by atoms with Gasteiger partial charge >= 0.3 is 110 Å². The predicted molar refractivity (Wildman–Crippen MR) is 67.5 cm³/mol. The van der Waals surface area contributed by atoms with E-state index in [0.29, 0.717) is 0 Å². The smallest absolute Gasteiger partial charge is 1.00 e. The van der Waals surface area contributed by atoms with Crippen LogP contribution in [0, 0.1) is 0 Å². The number of benzene rings is 1. The molecule has 0 fully saturated rings. The third-order valence-corrected chi connectivity index (χ3v) is 5.41. The van der Waals surface area contributed by atoms with E-state index in [2.05, 4.69) is 75.6 Å². The zero-order chi connectivity index (χ0) is 11.2. The third-order valence-electron chi connectivity index (χ3n) is 3.42. The molecule has 2 unspecified atom stereocenters. The summed E-state index contributed by atoms with van der Waals surface area (Å²) < 4.78 is 1.53. The standard InChI is InChI=1S/C14H12P.2ClH.Ti/c1-14(12-7-9-15-10-12)8-6-11-4-2-3-5-13(11)14;;;/h2-9,15H,1H3;2*1H;/q;;;+2/p-2. The number of rotatable bonds is 1. The SMILES string of the molecule is CC1(c2cc[pH][c]2[Ti+2])C=Cc2ccccc21.[Cl-].[Cl-]. The van der Waals surface area contributed by atoms with Crippen LogP contribution >= 0.6 is 8.19 Å². The van der Waals surface area contributed by atoms with Crippen molar-refractivity contribution in [3.8, 4) is 0 Å². The average molecular weight is 330 g/mol. The first-order valence-electron chi connectivity index (χ1n) is 5.40. The second-order valence-corrected chi connectivity index (χ2v) is 7.07. The van der Waals surface area contributed by atoms with Gasteiger partial charge in [-0.2, -0.15) is 0 Å². The maximum Gasteiger partial charge on any atom is -1.00 e. The maximum atomic E-state index is 2.34. The molecule has 0 saturated carbocycles. The number of fused-ring (bicyclic) bond motifs is 1. The Hall–Kier alpha value is 0.0343. The Balaban J connectivity index is 0.000000810. The summed E-state index contributed by atoms with van der Waals surface area (Å²) >= 11 is 2.26. The van der Waals surface area contributed by atoms with Crippen molar-refractivity contribution in [3.63, 3.8) is 0 Å². The van der Waals surface area contributed by atoms with Crippen molar-refractivity contribution in [2.75, 3.05) is 0 Å². The summed E-state index contributed by atoms with van der Waals surface area (Å²) in [5.74, 6) is 2.30. The second-order valence-electron chi connectivity index (χ2n) is 4.39. The Morgan fingerprint density at radius 3 is 2.44 bits per heavy atom.